The Hall–Kier alpha value is -1.82. The van der Waals surface area contributed by atoms with Crippen molar-refractivity contribution in [2.75, 3.05) is 0 Å². The Kier molecular flexibility index (Phi) is 5.70. The van der Waals surface area contributed by atoms with E-state index in [4.69, 9.17) is 4.74 Å². The van der Waals surface area contributed by atoms with Crippen molar-refractivity contribution in [1.82, 2.24) is 10.6 Å². The number of rotatable bonds is 3. The van der Waals surface area contributed by atoms with Gasteiger partial charge in [0, 0.05) is 10.2 Å². The molecular formula is C20H25BrN2O3. The zero-order valence-corrected chi connectivity index (χ0v) is 16.9. The second kappa shape index (κ2) is 7.82. The molecule has 0 bridgehead atoms. The van der Waals surface area contributed by atoms with Gasteiger partial charge in [0.25, 0.3) is 0 Å². The minimum atomic E-state index is -0.510. The lowest BCUT2D eigenvalue weighted by molar-refractivity contribution is -0.147. The summed E-state index contributed by atoms with van der Waals surface area (Å²) in [7, 11) is 0. The van der Waals surface area contributed by atoms with Crippen LogP contribution in [0.5, 0.6) is 0 Å². The van der Waals surface area contributed by atoms with Gasteiger partial charge in [0.1, 0.15) is 6.10 Å². The monoisotopic (exact) mass is 420 g/mol. The van der Waals surface area contributed by atoms with Gasteiger partial charge in [-0.1, -0.05) is 41.9 Å². The predicted molar refractivity (Wildman–Crippen MR) is 103 cm³/mol. The lowest BCUT2D eigenvalue weighted by atomic mass is 9.80. The number of hydrogen-bond acceptors (Lipinski definition) is 3. The highest BCUT2D eigenvalue weighted by atomic mass is 79.9. The van der Waals surface area contributed by atoms with E-state index in [0.717, 1.165) is 29.3 Å². The maximum atomic E-state index is 12.9. The third-order valence-electron chi connectivity index (χ3n) is 5.52. The summed E-state index contributed by atoms with van der Waals surface area (Å²) >= 11 is 3.41. The molecule has 26 heavy (non-hydrogen) atoms. The molecule has 0 spiro atoms. The highest BCUT2D eigenvalue weighted by Crippen LogP contribution is 2.33. The first-order chi connectivity index (χ1) is 12.3. The first-order valence-corrected chi connectivity index (χ1v) is 9.89. The minimum Gasteiger partial charge on any atom is -0.459 e. The number of esters is 1. The molecule has 0 radical (unpaired) electrons. The molecule has 1 aromatic carbocycles. The van der Waals surface area contributed by atoms with E-state index >= 15 is 0 Å². The molecular weight excluding hydrogens is 396 g/mol. The van der Waals surface area contributed by atoms with Crippen molar-refractivity contribution in [3.8, 4) is 0 Å². The lowest BCUT2D eigenvalue weighted by Gasteiger charge is -2.33. The Bertz CT molecular complexity index is 729. The van der Waals surface area contributed by atoms with Gasteiger partial charge in [-0.15, -0.1) is 0 Å². The van der Waals surface area contributed by atoms with Crippen molar-refractivity contribution in [2.45, 2.75) is 52.2 Å². The van der Waals surface area contributed by atoms with Crippen LogP contribution >= 0.6 is 15.9 Å². The van der Waals surface area contributed by atoms with Gasteiger partial charge < -0.3 is 15.4 Å². The molecule has 1 saturated carbocycles. The quantitative estimate of drug-likeness (QED) is 0.709. The van der Waals surface area contributed by atoms with Crippen molar-refractivity contribution in [2.24, 2.45) is 11.8 Å². The van der Waals surface area contributed by atoms with Crippen LogP contribution in [0.3, 0.4) is 0 Å². The van der Waals surface area contributed by atoms with E-state index < -0.39 is 6.04 Å². The molecule has 0 aromatic heterocycles. The van der Waals surface area contributed by atoms with Crippen molar-refractivity contribution in [3.63, 3.8) is 0 Å². The summed E-state index contributed by atoms with van der Waals surface area (Å²) in [6.45, 7) is 6.20. The topological polar surface area (TPSA) is 67.4 Å². The number of halogens is 1. The standard InChI is InChI=1S/C20H25BrN2O3/c1-11-4-9-16(10-12(11)2)26-19(24)17-13(3)22-20(25)23-18(17)14-5-7-15(21)8-6-14/h5-8,11-12,16,18H,4,9-10H2,1-3H3,(H2,22,23,25)/t11-,12-,16+,18-/m0/s1. The molecule has 140 valence electrons. The Morgan fingerprint density at radius 2 is 1.85 bits per heavy atom. The molecule has 0 unspecified atom stereocenters. The fourth-order valence-corrected chi connectivity index (χ4v) is 3.95. The normalized spacial score (nSPS) is 29.0. The number of ether oxygens (including phenoxy) is 1. The number of nitrogens with one attached hydrogen (secondary N) is 2. The third-order valence-corrected chi connectivity index (χ3v) is 6.04. The minimum absolute atomic E-state index is 0.0582. The zero-order chi connectivity index (χ0) is 18.8. The van der Waals surface area contributed by atoms with Gasteiger partial charge >= 0.3 is 12.0 Å². The lowest BCUT2D eigenvalue weighted by Crippen LogP contribution is -2.45. The Morgan fingerprint density at radius 3 is 2.50 bits per heavy atom. The van der Waals surface area contributed by atoms with E-state index in [1.54, 1.807) is 6.92 Å². The smallest absolute Gasteiger partial charge is 0.338 e. The summed E-state index contributed by atoms with van der Waals surface area (Å²) in [6.07, 6.45) is 2.80. The fourth-order valence-electron chi connectivity index (χ4n) is 3.69. The SMILES string of the molecule is CC1=C(C(=O)O[C@@H]2CC[C@H](C)[C@@H](C)C2)[C@H](c2ccc(Br)cc2)NC(=O)N1. The predicted octanol–water partition coefficient (Wildman–Crippen LogP) is 4.44. The van der Waals surface area contributed by atoms with Crippen LogP contribution in [0.25, 0.3) is 0 Å². The van der Waals surface area contributed by atoms with Crippen LogP contribution in [0.15, 0.2) is 40.0 Å². The molecule has 3 rings (SSSR count). The molecule has 1 aliphatic carbocycles. The van der Waals surface area contributed by atoms with Gasteiger partial charge in [0.15, 0.2) is 0 Å². The van der Waals surface area contributed by atoms with Gasteiger partial charge in [-0.25, -0.2) is 9.59 Å². The van der Waals surface area contributed by atoms with Crippen LogP contribution in [0.4, 0.5) is 4.79 Å². The number of urea groups is 1. The number of benzene rings is 1. The second-order valence-corrected chi connectivity index (χ2v) is 8.33. The molecule has 1 heterocycles. The summed E-state index contributed by atoms with van der Waals surface area (Å²) in [5.41, 5.74) is 1.86. The van der Waals surface area contributed by atoms with Crippen LogP contribution < -0.4 is 10.6 Å². The van der Waals surface area contributed by atoms with Gasteiger partial charge in [-0.3, -0.25) is 0 Å². The molecule has 1 fully saturated rings. The van der Waals surface area contributed by atoms with E-state index in [1.165, 1.54) is 0 Å². The molecule has 1 aromatic rings. The average molecular weight is 421 g/mol. The van der Waals surface area contributed by atoms with Crippen LogP contribution in [0.2, 0.25) is 0 Å². The van der Waals surface area contributed by atoms with Gasteiger partial charge in [0.05, 0.1) is 11.6 Å². The Labute approximate surface area is 162 Å². The summed E-state index contributed by atoms with van der Waals surface area (Å²) < 4.78 is 6.77. The number of carbonyl (C=O) groups is 2. The Balaban J connectivity index is 1.82. The van der Waals surface area contributed by atoms with Crippen LogP contribution in [-0.2, 0) is 9.53 Å². The largest absolute Gasteiger partial charge is 0.459 e. The third kappa shape index (κ3) is 4.11. The second-order valence-electron chi connectivity index (χ2n) is 7.42. The number of allylic oxidation sites excluding steroid dienone is 1. The van der Waals surface area contributed by atoms with E-state index in [0.29, 0.717) is 23.1 Å². The van der Waals surface area contributed by atoms with Crippen LogP contribution in [0.1, 0.15) is 51.6 Å². The van der Waals surface area contributed by atoms with Crippen molar-refractivity contribution >= 4 is 27.9 Å². The highest BCUT2D eigenvalue weighted by Gasteiger charge is 2.34. The molecule has 2 N–H and O–H groups in total. The number of carbonyl (C=O) groups excluding carboxylic acids is 2. The fraction of sp³-hybridized carbons (Fsp3) is 0.500. The number of amides is 2. The summed E-state index contributed by atoms with van der Waals surface area (Å²) in [5.74, 6) is 0.856. The molecule has 2 aliphatic rings. The Morgan fingerprint density at radius 1 is 1.15 bits per heavy atom. The summed E-state index contributed by atoms with van der Waals surface area (Å²) in [5, 5.41) is 5.54. The van der Waals surface area contributed by atoms with Crippen molar-refractivity contribution in [1.29, 1.82) is 0 Å². The maximum absolute atomic E-state index is 12.9. The summed E-state index contributed by atoms with van der Waals surface area (Å²) in [4.78, 5) is 24.9. The molecule has 0 saturated heterocycles. The number of hydrogen-bond donors (Lipinski definition) is 2. The van der Waals surface area contributed by atoms with Crippen LogP contribution in [0, 0.1) is 11.8 Å². The van der Waals surface area contributed by atoms with Gasteiger partial charge in [-0.05, 0) is 55.7 Å². The van der Waals surface area contributed by atoms with Gasteiger partial charge in [0.2, 0.25) is 0 Å². The average Bonchev–Trinajstić information content (AvgIpc) is 2.58. The first-order valence-electron chi connectivity index (χ1n) is 9.10. The van der Waals surface area contributed by atoms with E-state index in [-0.39, 0.29) is 18.1 Å². The van der Waals surface area contributed by atoms with E-state index in [9.17, 15) is 9.59 Å². The van der Waals surface area contributed by atoms with E-state index in [2.05, 4.69) is 40.4 Å². The molecule has 5 nitrogen and oxygen atoms in total. The summed E-state index contributed by atoms with van der Waals surface area (Å²) in [6, 6.07) is 6.76. The highest BCUT2D eigenvalue weighted by molar-refractivity contribution is 9.10. The zero-order valence-electron chi connectivity index (χ0n) is 15.3. The first kappa shape index (κ1) is 19.0. The van der Waals surface area contributed by atoms with E-state index in [1.807, 2.05) is 24.3 Å². The van der Waals surface area contributed by atoms with Crippen LogP contribution in [-0.4, -0.2) is 18.1 Å². The molecule has 4 atom stereocenters. The van der Waals surface area contributed by atoms with Gasteiger partial charge in [-0.2, -0.15) is 0 Å². The van der Waals surface area contributed by atoms with Crippen molar-refractivity contribution < 1.29 is 14.3 Å². The molecule has 6 heteroatoms. The molecule has 1 aliphatic heterocycles. The molecule has 2 amide bonds. The van der Waals surface area contributed by atoms with Crippen molar-refractivity contribution in [3.05, 3.63) is 45.6 Å². The maximum Gasteiger partial charge on any atom is 0.338 e.